The second-order valence-electron chi connectivity index (χ2n) is 7.00. The van der Waals surface area contributed by atoms with Gasteiger partial charge in [0.25, 0.3) is 5.56 Å². The molecule has 2 heterocycles. The normalized spacial score (nSPS) is 12.6. The number of nitrogens with zero attached hydrogens (tertiary/aromatic N) is 2. The summed E-state index contributed by atoms with van der Waals surface area (Å²) in [5.41, 5.74) is 0.928. The highest BCUT2D eigenvalue weighted by Crippen LogP contribution is 2.40. The molecule has 0 radical (unpaired) electrons. The van der Waals surface area contributed by atoms with Gasteiger partial charge in [0, 0.05) is 17.6 Å². The maximum Gasteiger partial charge on any atom is 0.258 e. The van der Waals surface area contributed by atoms with Crippen LogP contribution in [0, 0.1) is 0 Å². The van der Waals surface area contributed by atoms with Gasteiger partial charge in [0.1, 0.15) is 5.82 Å². The van der Waals surface area contributed by atoms with Gasteiger partial charge < -0.3 is 19.4 Å². The predicted molar refractivity (Wildman–Crippen MR) is 120 cm³/mol. The van der Waals surface area contributed by atoms with Crippen molar-refractivity contribution < 1.29 is 14.3 Å². The maximum absolute atomic E-state index is 12.8. The highest BCUT2D eigenvalue weighted by Gasteiger charge is 2.18. The van der Waals surface area contributed by atoms with Gasteiger partial charge in [0.05, 0.1) is 22.5 Å². The van der Waals surface area contributed by atoms with Crippen molar-refractivity contribution in [1.29, 1.82) is 0 Å². The summed E-state index contributed by atoms with van der Waals surface area (Å²) in [5.74, 6) is 1.22. The lowest BCUT2D eigenvalue weighted by atomic mass is 10.2. The zero-order valence-electron chi connectivity index (χ0n) is 16.7. The lowest BCUT2D eigenvalue weighted by Crippen LogP contribution is -2.31. The molecule has 0 aliphatic carbocycles. The van der Waals surface area contributed by atoms with Gasteiger partial charge >= 0.3 is 0 Å². The number of hydrogen-bond donors (Lipinski definition) is 1. The van der Waals surface area contributed by atoms with Crippen LogP contribution in [0.1, 0.15) is 24.7 Å². The first-order valence-corrected chi connectivity index (χ1v) is 10.4. The number of H-pyrrole nitrogens is 1. The Bertz CT molecular complexity index is 1240. The van der Waals surface area contributed by atoms with E-state index in [1.165, 1.54) is 6.08 Å². The first-order valence-electron chi connectivity index (χ1n) is 9.69. The van der Waals surface area contributed by atoms with Gasteiger partial charge in [0.2, 0.25) is 12.7 Å². The lowest BCUT2D eigenvalue weighted by molar-refractivity contribution is -0.126. The van der Waals surface area contributed by atoms with E-state index in [0.717, 1.165) is 6.42 Å². The molecule has 0 unspecified atom stereocenters. The Hall–Kier alpha value is -3.03. The van der Waals surface area contributed by atoms with Gasteiger partial charge in [-0.3, -0.25) is 9.59 Å². The molecule has 0 bridgehead atoms. The van der Waals surface area contributed by atoms with Crippen molar-refractivity contribution in [2.45, 2.75) is 19.9 Å². The summed E-state index contributed by atoms with van der Waals surface area (Å²) in [6, 6.07) is 8.36. The van der Waals surface area contributed by atoms with E-state index in [1.54, 1.807) is 41.3 Å². The Kier molecular flexibility index (Phi) is 6.15. The maximum atomic E-state index is 12.8. The largest absolute Gasteiger partial charge is 0.454 e. The molecular formula is C22H19Cl2N3O4. The molecule has 1 aliphatic rings. The SMILES string of the molecule is CCCN(Cc1nc2cc(Cl)ccc2c(=O)[nH]1)C(=O)/C=C/c1cc(Cl)c2c(c1)OCO2. The van der Waals surface area contributed by atoms with Crippen LogP contribution < -0.4 is 15.0 Å². The summed E-state index contributed by atoms with van der Waals surface area (Å²) in [7, 11) is 0. The van der Waals surface area contributed by atoms with Gasteiger partial charge in [-0.1, -0.05) is 30.1 Å². The number of benzene rings is 2. The van der Waals surface area contributed by atoms with Crippen molar-refractivity contribution in [3.8, 4) is 11.5 Å². The molecule has 0 saturated heterocycles. The fraction of sp³-hybridized carbons (Fsp3) is 0.227. The van der Waals surface area contributed by atoms with Gasteiger partial charge in [-0.15, -0.1) is 0 Å². The van der Waals surface area contributed by atoms with Crippen LogP contribution in [0.5, 0.6) is 11.5 Å². The molecule has 1 aliphatic heterocycles. The number of fused-ring (bicyclic) bond motifs is 2. The van der Waals surface area contributed by atoms with E-state index in [9.17, 15) is 9.59 Å². The average molecular weight is 460 g/mol. The first-order chi connectivity index (χ1) is 14.9. The molecule has 0 fully saturated rings. The van der Waals surface area contributed by atoms with Crippen LogP contribution in [0.3, 0.4) is 0 Å². The number of amides is 1. The molecule has 4 rings (SSSR count). The topological polar surface area (TPSA) is 84.5 Å². The van der Waals surface area contributed by atoms with Crippen LogP contribution in [0.25, 0.3) is 17.0 Å². The number of hydrogen-bond acceptors (Lipinski definition) is 5. The molecule has 7 nitrogen and oxygen atoms in total. The van der Waals surface area contributed by atoms with E-state index >= 15 is 0 Å². The minimum Gasteiger partial charge on any atom is -0.454 e. The molecule has 31 heavy (non-hydrogen) atoms. The monoisotopic (exact) mass is 459 g/mol. The Balaban J connectivity index is 1.55. The summed E-state index contributed by atoms with van der Waals surface area (Å²) < 4.78 is 10.7. The third-order valence-electron chi connectivity index (χ3n) is 4.73. The Labute approximate surface area is 188 Å². The average Bonchev–Trinajstić information content (AvgIpc) is 3.20. The van der Waals surface area contributed by atoms with E-state index in [-0.39, 0.29) is 24.8 Å². The number of aromatic nitrogens is 2. The fourth-order valence-electron chi connectivity index (χ4n) is 3.31. The van der Waals surface area contributed by atoms with Gasteiger partial charge in [-0.05, 0) is 48.4 Å². The van der Waals surface area contributed by atoms with E-state index in [2.05, 4.69) is 9.97 Å². The van der Waals surface area contributed by atoms with Crippen LogP contribution >= 0.6 is 23.2 Å². The Morgan fingerprint density at radius 1 is 1.26 bits per heavy atom. The second kappa shape index (κ2) is 8.99. The second-order valence-corrected chi connectivity index (χ2v) is 7.85. The number of ether oxygens (including phenoxy) is 2. The molecule has 9 heteroatoms. The van der Waals surface area contributed by atoms with E-state index in [4.69, 9.17) is 32.7 Å². The molecule has 3 aromatic rings. The van der Waals surface area contributed by atoms with Crippen molar-refractivity contribution in [3.63, 3.8) is 0 Å². The van der Waals surface area contributed by atoms with Crippen molar-refractivity contribution in [3.05, 3.63) is 68.2 Å². The van der Waals surface area contributed by atoms with Crippen LogP contribution in [0.15, 0.2) is 41.2 Å². The van der Waals surface area contributed by atoms with Gasteiger partial charge in [0.15, 0.2) is 11.5 Å². The van der Waals surface area contributed by atoms with Crippen molar-refractivity contribution in [2.75, 3.05) is 13.3 Å². The number of carbonyl (C=O) groups excluding carboxylic acids is 1. The van der Waals surface area contributed by atoms with Gasteiger partial charge in [-0.2, -0.15) is 0 Å². The molecule has 0 atom stereocenters. The van der Waals surface area contributed by atoms with Crippen molar-refractivity contribution in [1.82, 2.24) is 14.9 Å². The molecular weight excluding hydrogens is 441 g/mol. The number of carbonyl (C=O) groups is 1. The fourth-order valence-corrected chi connectivity index (χ4v) is 3.75. The van der Waals surface area contributed by atoms with Gasteiger partial charge in [-0.25, -0.2) is 4.98 Å². The number of aromatic amines is 1. The minimum absolute atomic E-state index is 0.119. The van der Waals surface area contributed by atoms with Crippen LogP contribution in [0.2, 0.25) is 10.0 Å². The molecule has 1 aromatic heterocycles. The minimum atomic E-state index is -0.272. The smallest absolute Gasteiger partial charge is 0.258 e. The molecule has 160 valence electrons. The lowest BCUT2D eigenvalue weighted by Gasteiger charge is -2.20. The molecule has 1 amide bonds. The Morgan fingerprint density at radius 2 is 2.10 bits per heavy atom. The molecule has 0 spiro atoms. The standard InChI is InChI=1S/C22H19Cl2N3O4/c1-2-7-27(11-19-25-17-10-14(23)4-5-15(17)22(29)26-19)20(28)6-3-13-8-16(24)21-18(9-13)30-12-31-21/h3-6,8-10H,2,7,11-12H2,1H3,(H,25,26,29)/b6-3+. The zero-order chi connectivity index (χ0) is 22.0. The summed E-state index contributed by atoms with van der Waals surface area (Å²) in [5, 5.41) is 1.36. The number of nitrogens with one attached hydrogen (secondary N) is 1. The Morgan fingerprint density at radius 3 is 2.90 bits per heavy atom. The molecule has 0 saturated carbocycles. The number of rotatable bonds is 6. The summed E-state index contributed by atoms with van der Waals surface area (Å²) in [4.78, 5) is 34.0. The summed E-state index contributed by atoms with van der Waals surface area (Å²) in [6.07, 6.45) is 3.87. The highest BCUT2D eigenvalue weighted by molar-refractivity contribution is 6.32. The van der Waals surface area contributed by atoms with Crippen LogP contribution in [-0.2, 0) is 11.3 Å². The number of halogens is 2. The van der Waals surface area contributed by atoms with Crippen LogP contribution in [-0.4, -0.2) is 34.1 Å². The summed E-state index contributed by atoms with van der Waals surface area (Å²) in [6.45, 7) is 2.75. The molecule has 1 N–H and O–H groups in total. The highest BCUT2D eigenvalue weighted by atomic mass is 35.5. The third-order valence-corrected chi connectivity index (χ3v) is 5.25. The van der Waals surface area contributed by atoms with Crippen LogP contribution in [0.4, 0.5) is 0 Å². The van der Waals surface area contributed by atoms with E-state index in [1.807, 2.05) is 6.92 Å². The van der Waals surface area contributed by atoms with E-state index in [0.29, 0.717) is 50.4 Å². The van der Waals surface area contributed by atoms with E-state index < -0.39 is 0 Å². The molecule has 2 aromatic carbocycles. The predicted octanol–water partition coefficient (Wildman–Crippen LogP) is 4.41. The zero-order valence-corrected chi connectivity index (χ0v) is 18.2. The third kappa shape index (κ3) is 4.68. The summed E-state index contributed by atoms with van der Waals surface area (Å²) >= 11 is 12.2. The van der Waals surface area contributed by atoms with Crippen molar-refractivity contribution >= 4 is 46.1 Å². The first kappa shape index (κ1) is 21.2. The van der Waals surface area contributed by atoms with Crippen molar-refractivity contribution in [2.24, 2.45) is 0 Å². The quantitative estimate of drug-likeness (QED) is 0.551.